The summed E-state index contributed by atoms with van der Waals surface area (Å²) in [5.74, 6) is 0.600. The van der Waals surface area contributed by atoms with Gasteiger partial charge in [-0.2, -0.15) is 0 Å². The summed E-state index contributed by atoms with van der Waals surface area (Å²) in [4.78, 5) is 23.7. The summed E-state index contributed by atoms with van der Waals surface area (Å²) in [5.41, 5.74) is 2.27. The van der Waals surface area contributed by atoms with Gasteiger partial charge < -0.3 is 14.2 Å². The maximum absolute atomic E-state index is 12.0. The molecule has 0 aromatic heterocycles. The minimum atomic E-state index is -0.359. The van der Waals surface area contributed by atoms with Crippen LogP contribution in [0.3, 0.4) is 0 Å². The van der Waals surface area contributed by atoms with Gasteiger partial charge in [-0.1, -0.05) is 42.5 Å². The second kappa shape index (κ2) is 10.1. The van der Waals surface area contributed by atoms with Crippen molar-refractivity contribution in [3.8, 4) is 11.5 Å². The van der Waals surface area contributed by atoms with E-state index in [-0.39, 0.29) is 25.0 Å². The maximum Gasteiger partial charge on any atom is 0.338 e. The van der Waals surface area contributed by atoms with Crippen LogP contribution in [0.2, 0.25) is 0 Å². The number of rotatable bonds is 8. The van der Waals surface area contributed by atoms with E-state index in [1.54, 1.807) is 43.3 Å². The average Bonchev–Trinajstić information content (AvgIpc) is 2.75. The molecule has 0 saturated carbocycles. The molecule has 3 rings (SSSR count). The molecule has 0 bridgehead atoms. The zero-order valence-corrected chi connectivity index (χ0v) is 16.2. The normalized spacial score (nSPS) is 10.2. The molecule has 148 valence electrons. The first-order valence-electron chi connectivity index (χ1n) is 9.37. The molecule has 0 aliphatic heterocycles. The minimum absolute atomic E-state index is 0.196. The summed E-state index contributed by atoms with van der Waals surface area (Å²) < 4.78 is 16.0. The summed E-state index contributed by atoms with van der Waals surface area (Å²) in [5, 5.41) is 0. The van der Waals surface area contributed by atoms with Crippen molar-refractivity contribution in [3.05, 3.63) is 95.6 Å². The molecule has 5 heteroatoms. The molecule has 5 nitrogen and oxygen atoms in total. The highest BCUT2D eigenvalue weighted by Gasteiger charge is 2.08. The van der Waals surface area contributed by atoms with Gasteiger partial charge >= 0.3 is 11.9 Å². The van der Waals surface area contributed by atoms with Gasteiger partial charge in [0.2, 0.25) is 0 Å². The van der Waals surface area contributed by atoms with Crippen molar-refractivity contribution in [2.75, 3.05) is 6.61 Å². The Labute approximate surface area is 169 Å². The topological polar surface area (TPSA) is 61.8 Å². The fourth-order valence-electron chi connectivity index (χ4n) is 2.64. The van der Waals surface area contributed by atoms with E-state index >= 15 is 0 Å². The standard InChI is InChI=1S/C24H22O5/c1-2-27-24(26)20-10-14-22(15-11-20)29-21-12-8-18(9-13-21)16-23(25)28-17-19-6-4-3-5-7-19/h3-15H,2,16-17H2,1H3. The van der Waals surface area contributed by atoms with E-state index < -0.39 is 0 Å². The van der Waals surface area contributed by atoms with Crippen molar-refractivity contribution in [1.82, 2.24) is 0 Å². The van der Waals surface area contributed by atoms with E-state index in [1.807, 2.05) is 42.5 Å². The summed E-state index contributed by atoms with van der Waals surface area (Å²) in [7, 11) is 0. The lowest BCUT2D eigenvalue weighted by molar-refractivity contribution is -0.144. The zero-order chi connectivity index (χ0) is 20.5. The van der Waals surface area contributed by atoms with Crippen LogP contribution in [0.5, 0.6) is 11.5 Å². The quantitative estimate of drug-likeness (QED) is 0.510. The number of hydrogen-bond donors (Lipinski definition) is 0. The smallest absolute Gasteiger partial charge is 0.338 e. The van der Waals surface area contributed by atoms with Gasteiger partial charge in [0.25, 0.3) is 0 Å². The van der Waals surface area contributed by atoms with Crippen molar-refractivity contribution in [2.24, 2.45) is 0 Å². The maximum atomic E-state index is 12.0. The molecule has 0 unspecified atom stereocenters. The molecule has 0 saturated heterocycles. The van der Waals surface area contributed by atoms with Crippen LogP contribution >= 0.6 is 0 Å². The lowest BCUT2D eigenvalue weighted by atomic mass is 10.1. The fraction of sp³-hybridized carbons (Fsp3) is 0.167. The van der Waals surface area contributed by atoms with Crippen LogP contribution in [0.4, 0.5) is 0 Å². The van der Waals surface area contributed by atoms with Crippen LogP contribution in [0.15, 0.2) is 78.9 Å². The van der Waals surface area contributed by atoms with Crippen LogP contribution in [0.25, 0.3) is 0 Å². The van der Waals surface area contributed by atoms with Crippen LogP contribution in [0.1, 0.15) is 28.4 Å². The van der Waals surface area contributed by atoms with Crippen molar-refractivity contribution < 1.29 is 23.8 Å². The van der Waals surface area contributed by atoms with Crippen LogP contribution in [-0.4, -0.2) is 18.5 Å². The van der Waals surface area contributed by atoms with Gasteiger partial charge in [-0.15, -0.1) is 0 Å². The molecule has 0 spiro atoms. The lowest BCUT2D eigenvalue weighted by Gasteiger charge is -2.08. The molecule has 0 atom stereocenters. The van der Waals surface area contributed by atoms with E-state index in [0.717, 1.165) is 11.1 Å². The number of ether oxygens (including phenoxy) is 3. The van der Waals surface area contributed by atoms with Gasteiger partial charge in [0, 0.05) is 0 Å². The summed E-state index contributed by atoms with van der Waals surface area (Å²) >= 11 is 0. The van der Waals surface area contributed by atoms with Crippen molar-refractivity contribution in [1.29, 1.82) is 0 Å². The van der Waals surface area contributed by atoms with Crippen molar-refractivity contribution in [3.63, 3.8) is 0 Å². The van der Waals surface area contributed by atoms with E-state index in [1.165, 1.54) is 0 Å². The monoisotopic (exact) mass is 390 g/mol. The Balaban J connectivity index is 1.50. The average molecular weight is 390 g/mol. The molecule has 3 aromatic rings. The van der Waals surface area contributed by atoms with E-state index in [2.05, 4.69) is 0 Å². The lowest BCUT2D eigenvalue weighted by Crippen LogP contribution is -2.07. The van der Waals surface area contributed by atoms with Gasteiger partial charge in [0.15, 0.2) is 0 Å². The zero-order valence-electron chi connectivity index (χ0n) is 16.2. The number of hydrogen-bond acceptors (Lipinski definition) is 5. The van der Waals surface area contributed by atoms with Crippen LogP contribution in [-0.2, 0) is 27.3 Å². The predicted molar refractivity (Wildman–Crippen MR) is 109 cm³/mol. The Morgan fingerprint density at radius 3 is 1.97 bits per heavy atom. The van der Waals surface area contributed by atoms with Gasteiger partial charge in [-0.25, -0.2) is 4.79 Å². The molecule has 0 heterocycles. The summed E-state index contributed by atoms with van der Waals surface area (Å²) in [6.07, 6.45) is 0.196. The second-order valence-corrected chi connectivity index (χ2v) is 6.31. The van der Waals surface area contributed by atoms with Crippen LogP contribution < -0.4 is 4.74 Å². The van der Waals surface area contributed by atoms with E-state index in [4.69, 9.17) is 14.2 Å². The third-order valence-electron chi connectivity index (χ3n) is 4.12. The third-order valence-corrected chi connectivity index (χ3v) is 4.12. The molecule has 29 heavy (non-hydrogen) atoms. The summed E-state index contributed by atoms with van der Waals surface area (Å²) in [6, 6.07) is 23.5. The number of esters is 2. The number of carbonyl (C=O) groups is 2. The fourth-order valence-corrected chi connectivity index (χ4v) is 2.64. The SMILES string of the molecule is CCOC(=O)c1ccc(Oc2ccc(CC(=O)OCc3ccccc3)cc2)cc1. The highest BCUT2D eigenvalue weighted by molar-refractivity contribution is 5.89. The predicted octanol–water partition coefficient (Wildman–Crippen LogP) is 4.94. The molecule has 0 aliphatic carbocycles. The Kier molecular flexibility index (Phi) is 7.00. The van der Waals surface area contributed by atoms with Crippen molar-refractivity contribution >= 4 is 11.9 Å². The summed E-state index contributed by atoms with van der Waals surface area (Å²) in [6.45, 7) is 2.37. The largest absolute Gasteiger partial charge is 0.462 e. The molecule has 0 radical (unpaired) electrons. The van der Waals surface area contributed by atoms with Gasteiger partial charge in [0.05, 0.1) is 18.6 Å². The molecule has 0 aliphatic rings. The Morgan fingerprint density at radius 2 is 1.34 bits per heavy atom. The Morgan fingerprint density at radius 1 is 0.724 bits per heavy atom. The first-order chi connectivity index (χ1) is 14.1. The molecule has 0 amide bonds. The molecule has 0 N–H and O–H groups in total. The van der Waals surface area contributed by atoms with E-state index in [9.17, 15) is 9.59 Å². The van der Waals surface area contributed by atoms with Crippen LogP contribution in [0, 0.1) is 0 Å². The molecular weight excluding hydrogens is 368 g/mol. The van der Waals surface area contributed by atoms with Gasteiger partial charge in [-0.3, -0.25) is 4.79 Å². The first-order valence-corrected chi connectivity index (χ1v) is 9.37. The van der Waals surface area contributed by atoms with Crippen molar-refractivity contribution in [2.45, 2.75) is 20.0 Å². The highest BCUT2D eigenvalue weighted by atomic mass is 16.5. The highest BCUT2D eigenvalue weighted by Crippen LogP contribution is 2.22. The molecule has 3 aromatic carbocycles. The molecular formula is C24H22O5. The molecule has 0 fully saturated rings. The Bertz CT molecular complexity index is 931. The first kappa shape index (κ1) is 20.1. The van der Waals surface area contributed by atoms with E-state index in [0.29, 0.717) is 23.7 Å². The van der Waals surface area contributed by atoms with Gasteiger partial charge in [-0.05, 0) is 54.4 Å². The minimum Gasteiger partial charge on any atom is -0.462 e. The second-order valence-electron chi connectivity index (χ2n) is 6.31. The number of carbonyl (C=O) groups excluding carboxylic acids is 2. The Hall–Kier alpha value is -3.60. The third kappa shape index (κ3) is 6.21. The number of benzene rings is 3. The van der Waals surface area contributed by atoms with Gasteiger partial charge in [0.1, 0.15) is 18.1 Å².